The molecule has 0 bridgehead atoms. The van der Waals surface area contributed by atoms with Gasteiger partial charge in [0.1, 0.15) is 0 Å². The third kappa shape index (κ3) is 4.67. The summed E-state index contributed by atoms with van der Waals surface area (Å²) in [6, 6.07) is 10.3. The lowest BCUT2D eigenvalue weighted by Gasteiger charge is -2.27. The molecule has 132 valence electrons. The fourth-order valence-corrected chi connectivity index (χ4v) is 2.96. The van der Waals surface area contributed by atoms with Crippen LogP contribution in [0, 0.1) is 0 Å². The van der Waals surface area contributed by atoms with E-state index in [0.29, 0.717) is 25.6 Å². The van der Waals surface area contributed by atoms with E-state index in [1.807, 2.05) is 18.2 Å². The number of hydrogen-bond acceptors (Lipinski definition) is 5. The monoisotopic (exact) mass is 341 g/mol. The number of amides is 1. The first kappa shape index (κ1) is 17.2. The molecule has 1 aliphatic heterocycles. The summed E-state index contributed by atoms with van der Waals surface area (Å²) in [7, 11) is 0. The van der Waals surface area contributed by atoms with E-state index in [4.69, 9.17) is 0 Å². The van der Waals surface area contributed by atoms with Gasteiger partial charge in [0.2, 0.25) is 11.9 Å². The topological polar surface area (TPSA) is 90.1 Å². The molecule has 7 heteroatoms. The first-order valence-corrected chi connectivity index (χ1v) is 8.48. The Morgan fingerprint density at radius 3 is 2.84 bits per heavy atom. The van der Waals surface area contributed by atoms with Crippen molar-refractivity contribution in [3.63, 3.8) is 0 Å². The van der Waals surface area contributed by atoms with Crippen LogP contribution in [0.5, 0.6) is 0 Å². The average Bonchev–Trinajstić information content (AvgIpc) is 2.60. The Hall–Kier alpha value is -2.67. The third-order valence-corrected chi connectivity index (χ3v) is 4.19. The van der Waals surface area contributed by atoms with Crippen LogP contribution in [-0.4, -0.2) is 40.4 Å². The van der Waals surface area contributed by atoms with Gasteiger partial charge in [0.05, 0.1) is 11.3 Å². The molecule has 7 nitrogen and oxygen atoms in total. The molecule has 3 rings (SSSR count). The zero-order chi connectivity index (χ0) is 17.6. The van der Waals surface area contributed by atoms with Crippen molar-refractivity contribution in [3.8, 4) is 0 Å². The number of carbonyl (C=O) groups is 1. The van der Waals surface area contributed by atoms with Crippen LogP contribution < -0.4 is 16.2 Å². The number of hydrogen-bond donors (Lipinski definition) is 3. The van der Waals surface area contributed by atoms with Crippen LogP contribution in [0.4, 0.5) is 5.95 Å². The predicted octanol–water partition coefficient (Wildman–Crippen LogP) is 0.876. The second-order valence-electron chi connectivity index (χ2n) is 6.20. The van der Waals surface area contributed by atoms with Gasteiger partial charge in [-0.25, -0.2) is 4.98 Å². The van der Waals surface area contributed by atoms with E-state index in [-0.39, 0.29) is 11.5 Å². The number of rotatable bonds is 6. The van der Waals surface area contributed by atoms with Crippen LogP contribution in [-0.2, 0) is 24.3 Å². The number of aromatic amines is 1. The Morgan fingerprint density at radius 2 is 2.08 bits per heavy atom. The Labute approximate surface area is 146 Å². The summed E-state index contributed by atoms with van der Waals surface area (Å²) < 4.78 is 0. The van der Waals surface area contributed by atoms with Gasteiger partial charge in [-0.15, -0.1) is 0 Å². The fraction of sp³-hybridized carbons (Fsp3) is 0.389. The van der Waals surface area contributed by atoms with Crippen molar-refractivity contribution < 1.29 is 4.79 Å². The molecular formula is C18H23N5O2. The smallest absolute Gasteiger partial charge is 0.257 e. The molecule has 0 saturated heterocycles. The van der Waals surface area contributed by atoms with E-state index in [1.165, 1.54) is 12.5 Å². The normalized spacial score (nSPS) is 14.0. The van der Waals surface area contributed by atoms with Crippen LogP contribution in [0.25, 0.3) is 0 Å². The molecule has 2 aromatic rings. The highest BCUT2D eigenvalue weighted by Crippen LogP contribution is 2.17. The van der Waals surface area contributed by atoms with E-state index in [9.17, 15) is 9.59 Å². The number of aromatic nitrogens is 2. The van der Waals surface area contributed by atoms with Crippen LogP contribution in [0.2, 0.25) is 0 Å². The number of nitrogens with one attached hydrogen (secondary N) is 3. The maximum atomic E-state index is 12.4. The fourth-order valence-electron chi connectivity index (χ4n) is 2.96. The molecule has 1 aromatic carbocycles. The van der Waals surface area contributed by atoms with E-state index in [2.05, 4.69) is 37.6 Å². The zero-order valence-corrected chi connectivity index (χ0v) is 14.3. The zero-order valence-electron chi connectivity index (χ0n) is 14.3. The summed E-state index contributed by atoms with van der Waals surface area (Å²) in [5, 5.41) is 5.74. The van der Waals surface area contributed by atoms with Crippen molar-refractivity contribution in [1.29, 1.82) is 0 Å². The molecule has 0 aliphatic carbocycles. The third-order valence-electron chi connectivity index (χ3n) is 4.19. The Bertz CT molecular complexity index is 788. The second-order valence-corrected chi connectivity index (χ2v) is 6.20. The van der Waals surface area contributed by atoms with Crippen molar-refractivity contribution >= 4 is 11.9 Å². The molecular weight excluding hydrogens is 318 g/mol. The molecule has 0 atom stereocenters. The minimum absolute atomic E-state index is 0.0767. The molecule has 2 heterocycles. The largest absolute Gasteiger partial charge is 0.355 e. The molecule has 0 unspecified atom stereocenters. The van der Waals surface area contributed by atoms with Crippen LogP contribution >= 0.6 is 0 Å². The highest BCUT2D eigenvalue weighted by atomic mass is 16.1. The van der Waals surface area contributed by atoms with E-state index in [0.717, 1.165) is 30.8 Å². The highest BCUT2D eigenvalue weighted by molar-refractivity contribution is 5.72. The number of fused-ring (bicyclic) bond motifs is 1. The molecule has 1 amide bonds. The van der Waals surface area contributed by atoms with Gasteiger partial charge in [-0.05, 0) is 5.56 Å². The number of carbonyl (C=O) groups excluding carboxylic acids is 1. The lowest BCUT2D eigenvalue weighted by molar-refractivity contribution is -0.118. The van der Waals surface area contributed by atoms with Crippen molar-refractivity contribution in [1.82, 2.24) is 20.2 Å². The van der Waals surface area contributed by atoms with Crippen LogP contribution in [0.3, 0.4) is 0 Å². The van der Waals surface area contributed by atoms with Crippen LogP contribution in [0.1, 0.15) is 23.7 Å². The lowest BCUT2D eigenvalue weighted by atomic mass is 10.1. The SMILES string of the molecule is CC(=O)NCCNc1nc2c(c(=O)[nH]1)CN(Cc1ccccc1)CC2. The van der Waals surface area contributed by atoms with E-state index in [1.54, 1.807) is 0 Å². The second kappa shape index (κ2) is 7.94. The predicted molar refractivity (Wildman–Crippen MR) is 96.3 cm³/mol. The summed E-state index contributed by atoms with van der Waals surface area (Å²) in [4.78, 5) is 32.8. The van der Waals surface area contributed by atoms with Gasteiger partial charge >= 0.3 is 0 Å². The highest BCUT2D eigenvalue weighted by Gasteiger charge is 2.21. The van der Waals surface area contributed by atoms with E-state index < -0.39 is 0 Å². The molecule has 0 saturated carbocycles. The van der Waals surface area contributed by atoms with Crippen molar-refractivity contribution in [3.05, 3.63) is 57.5 Å². The lowest BCUT2D eigenvalue weighted by Crippen LogP contribution is -2.36. The Kier molecular flexibility index (Phi) is 5.45. The average molecular weight is 341 g/mol. The summed E-state index contributed by atoms with van der Waals surface area (Å²) in [5.41, 5.74) is 2.75. The van der Waals surface area contributed by atoms with Crippen molar-refractivity contribution in [2.75, 3.05) is 25.0 Å². The van der Waals surface area contributed by atoms with Crippen molar-refractivity contribution in [2.24, 2.45) is 0 Å². The minimum atomic E-state index is -0.0928. The van der Waals surface area contributed by atoms with Gasteiger partial charge in [-0.2, -0.15) is 0 Å². The molecule has 25 heavy (non-hydrogen) atoms. The quantitative estimate of drug-likeness (QED) is 0.679. The van der Waals surface area contributed by atoms with Gasteiger partial charge < -0.3 is 10.6 Å². The Morgan fingerprint density at radius 1 is 1.28 bits per heavy atom. The van der Waals surface area contributed by atoms with Gasteiger partial charge in [0.15, 0.2) is 0 Å². The summed E-state index contributed by atoms with van der Waals surface area (Å²) in [6.45, 7) is 4.79. The molecule has 1 aliphatic rings. The molecule has 0 radical (unpaired) electrons. The number of H-pyrrole nitrogens is 1. The van der Waals surface area contributed by atoms with Gasteiger partial charge in [-0.1, -0.05) is 30.3 Å². The van der Waals surface area contributed by atoms with Crippen molar-refractivity contribution in [2.45, 2.75) is 26.4 Å². The molecule has 3 N–H and O–H groups in total. The summed E-state index contributed by atoms with van der Waals surface area (Å²) >= 11 is 0. The molecule has 1 aromatic heterocycles. The first-order chi connectivity index (χ1) is 12.1. The van der Waals surface area contributed by atoms with Gasteiger partial charge in [-0.3, -0.25) is 19.5 Å². The first-order valence-electron chi connectivity index (χ1n) is 8.48. The molecule has 0 fully saturated rings. The standard InChI is InChI=1S/C18H23N5O2/c1-13(24)19-8-9-20-18-21-16-7-10-23(12-15(16)17(25)22-18)11-14-5-3-2-4-6-14/h2-6H,7-12H2,1H3,(H,19,24)(H2,20,21,22,25). The summed E-state index contributed by atoms with van der Waals surface area (Å²) in [5.74, 6) is 0.387. The van der Waals surface area contributed by atoms with Gasteiger partial charge in [0, 0.05) is 46.1 Å². The minimum Gasteiger partial charge on any atom is -0.355 e. The van der Waals surface area contributed by atoms with E-state index >= 15 is 0 Å². The number of anilines is 1. The van der Waals surface area contributed by atoms with Crippen LogP contribution in [0.15, 0.2) is 35.1 Å². The maximum absolute atomic E-state index is 12.4. The maximum Gasteiger partial charge on any atom is 0.257 e. The summed E-state index contributed by atoms with van der Waals surface area (Å²) in [6.07, 6.45) is 0.756. The Balaban J connectivity index is 1.63. The number of benzene rings is 1. The van der Waals surface area contributed by atoms with Gasteiger partial charge in [0.25, 0.3) is 5.56 Å². The molecule has 0 spiro atoms. The number of nitrogens with zero attached hydrogens (tertiary/aromatic N) is 2.